The number of carbonyl (C=O) groups excluding carboxylic acids is 2. The summed E-state index contributed by atoms with van der Waals surface area (Å²) in [5.41, 5.74) is 0.221. The second kappa shape index (κ2) is 5.22. The molecule has 1 saturated heterocycles. The Morgan fingerprint density at radius 1 is 1.17 bits per heavy atom. The molecule has 1 heterocycles. The number of urea groups is 1. The Hall–Kier alpha value is -1.06. The molecule has 4 nitrogen and oxygen atoms in total. The summed E-state index contributed by atoms with van der Waals surface area (Å²) in [6.07, 6.45) is 8.73. The van der Waals surface area contributed by atoms with Gasteiger partial charge in [0, 0.05) is 19.5 Å². The summed E-state index contributed by atoms with van der Waals surface area (Å²) in [7, 11) is 1.86. The minimum atomic E-state index is -0.0592. The number of hydrogen-bond acceptors (Lipinski definition) is 2. The third-order valence-electron chi connectivity index (χ3n) is 7.35. The molecule has 0 N–H and O–H groups in total. The molecule has 5 rings (SSSR count). The number of imide groups is 1. The predicted octanol–water partition coefficient (Wildman–Crippen LogP) is 3.51. The van der Waals surface area contributed by atoms with E-state index >= 15 is 0 Å². The van der Waals surface area contributed by atoms with Gasteiger partial charge in [-0.05, 0) is 68.1 Å². The van der Waals surface area contributed by atoms with Gasteiger partial charge in [-0.3, -0.25) is 9.69 Å². The maximum atomic E-state index is 12.9. The lowest BCUT2D eigenvalue weighted by molar-refractivity contribution is -0.141. The molecule has 0 aromatic carbocycles. The van der Waals surface area contributed by atoms with Gasteiger partial charge in [0.1, 0.15) is 0 Å². The molecule has 4 heteroatoms. The van der Waals surface area contributed by atoms with Crippen molar-refractivity contribution in [3.05, 3.63) is 0 Å². The molecule has 0 spiro atoms. The van der Waals surface area contributed by atoms with Crippen molar-refractivity contribution in [1.29, 1.82) is 0 Å². The summed E-state index contributed by atoms with van der Waals surface area (Å²) in [5.74, 6) is 2.55. The first-order chi connectivity index (χ1) is 10.9. The zero-order chi connectivity index (χ0) is 16.4. The van der Waals surface area contributed by atoms with Crippen LogP contribution in [0.3, 0.4) is 0 Å². The van der Waals surface area contributed by atoms with Gasteiger partial charge in [0.05, 0.1) is 6.04 Å². The molecular formula is C19H30N2O2. The molecule has 4 aliphatic carbocycles. The van der Waals surface area contributed by atoms with E-state index in [1.165, 1.54) is 38.5 Å². The largest absolute Gasteiger partial charge is 0.326 e. The highest BCUT2D eigenvalue weighted by molar-refractivity contribution is 5.97. The van der Waals surface area contributed by atoms with Crippen molar-refractivity contribution in [3.8, 4) is 0 Å². The van der Waals surface area contributed by atoms with E-state index < -0.39 is 0 Å². The maximum absolute atomic E-state index is 12.9. The van der Waals surface area contributed by atoms with E-state index in [-0.39, 0.29) is 29.3 Å². The first-order valence-corrected chi connectivity index (χ1v) is 9.51. The molecule has 0 radical (unpaired) electrons. The van der Waals surface area contributed by atoms with Gasteiger partial charge in [-0.25, -0.2) is 4.79 Å². The van der Waals surface area contributed by atoms with E-state index in [1.807, 2.05) is 20.9 Å². The van der Waals surface area contributed by atoms with Crippen LogP contribution in [-0.2, 0) is 4.79 Å². The quantitative estimate of drug-likeness (QED) is 0.799. The van der Waals surface area contributed by atoms with Crippen LogP contribution < -0.4 is 0 Å². The van der Waals surface area contributed by atoms with Gasteiger partial charge in [0.25, 0.3) is 0 Å². The van der Waals surface area contributed by atoms with Crippen LogP contribution in [0.4, 0.5) is 4.79 Å². The second-order valence-electron chi connectivity index (χ2n) is 8.98. The van der Waals surface area contributed by atoms with E-state index in [4.69, 9.17) is 0 Å². The molecule has 0 aromatic heterocycles. The molecular weight excluding hydrogens is 288 g/mol. The Morgan fingerprint density at radius 2 is 1.70 bits per heavy atom. The Labute approximate surface area is 139 Å². The molecule has 3 amide bonds. The molecule has 0 aromatic rings. The highest BCUT2D eigenvalue weighted by Gasteiger charge is 2.59. The second-order valence-corrected chi connectivity index (χ2v) is 8.98. The average molecular weight is 318 g/mol. The summed E-state index contributed by atoms with van der Waals surface area (Å²) in [5, 5.41) is 0. The standard InChI is InChI=1S/C19H30N2O2/c1-4-12(2)17(22)21-16(11-20(3)18(21)23)19-8-13-5-14(9-19)7-15(6-13)10-19/h12-16H,4-11H2,1-3H3/t12-,13?,14?,15?,16-,19?/m0/s1. The number of amides is 3. The molecule has 1 aliphatic heterocycles. The van der Waals surface area contributed by atoms with E-state index in [1.54, 1.807) is 9.80 Å². The van der Waals surface area contributed by atoms with Crippen molar-refractivity contribution in [3.63, 3.8) is 0 Å². The maximum Gasteiger partial charge on any atom is 0.326 e. The van der Waals surface area contributed by atoms with Crippen molar-refractivity contribution in [2.45, 2.75) is 64.8 Å². The normalized spacial score (nSPS) is 43.3. The van der Waals surface area contributed by atoms with Crippen molar-refractivity contribution in [2.24, 2.45) is 29.1 Å². The van der Waals surface area contributed by atoms with E-state index in [9.17, 15) is 9.59 Å². The first-order valence-electron chi connectivity index (χ1n) is 9.51. The van der Waals surface area contributed by atoms with Crippen molar-refractivity contribution >= 4 is 11.9 Å². The average Bonchev–Trinajstić information content (AvgIpc) is 2.81. The molecule has 5 aliphatic rings. The van der Waals surface area contributed by atoms with E-state index in [0.717, 1.165) is 30.7 Å². The first kappa shape index (κ1) is 15.5. The Bertz CT molecular complexity index is 494. The number of likely N-dealkylation sites (N-methyl/N-ethyl adjacent to an activating group) is 1. The fourth-order valence-corrected chi connectivity index (χ4v) is 6.45. The minimum absolute atomic E-state index is 0.0538. The smallest absolute Gasteiger partial charge is 0.325 e. The third kappa shape index (κ3) is 2.24. The molecule has 5 fully saturated rings. The summed E-state index contributed by atoms with van der Waals surface area (Å²) in [6.45, 7) is 4.74. The Kier molecular flexibility index (Phi) is 3.51. The lowest BCUT2D eigenvalue weighted by Gasteiger charge is -2.59. The third-order valence-corrected chi connectivity index (χ3v) is 7.35. The Morgan fingerprint density at radius 3 is 2.17 bits per heavy atom. The summed E-state index contributed by atoms with van der Waals surface area (Å²) in [6, 6.07) is 0.0611. The zero-order valence-electron chi connectivity index (χ0n) is 14.8. The topological polar surface area (TPSA) is 40.6 Å². The van der Waals surface area contributed by atoms with Crippen LogP contribution in [0.2, 0.25) is 0 Å². The van der Waals surface area contributed by atoms with Gasteiger partial charge in [0.15, 0.2) is 0 Å². The van der Waals surface area contributed by atoms with Crippen LogP contribution in [0, 0.1) is 29.1 Å². The molecule has 4 bridgehead atoms. The monoisotopic (exact) mass is 318 g/mol. The molecule has 2 atom stereocenters. The van der Waals surface area contributed by atoms with E-state index in [0.29, 0.717) is 0 Å². The lowest BCUT2D eigenvalue weighted by Crippen LogP contribution is -2.58. The van der Waals surface area contributed by atoms with Crippen LogP contribution in [-0.4, -0.2) is 41.4 Å². The summed E-state index contributed by atoms with van der Waals surface area (Å²) in [4.78, 5) is 29.1. The van der Waals surface area contributed by atoms with Gasteiger partial charge in [-0.15, -0.1) is 0 Å². The van der Waals surface area contributed by atoms with Crippen molar-refractivity contribution in [1.82, 2.24) is 9.80 Å². The molecule has 23 heavy (non-hydrogen) atoms. The van der Waals surface area contributed by atoms with Gasteiger partial charge in [0.2, 0.25) is 5.91 Å². The van der Waals surface area contributed by atoms with Gasteiger partial charge >= 0.3 is 6.03 Å². The van der Waals surface area contributed by atoms with Crippen LogP contribution in [0.1, 0.15) is 58.8 Å². The fraction of sp³-hybridized carbons (Fsp3) is 0.895. The summed E-state index contributed by atoms with van der Waals surface area (Å²) < 4.78 is 0. The zero-order valence-corrected chi connectivity index (χ0v) is 14.8. The SMILES string of the molecule is CC[C@H](C)C(=O)N1C(=O)N(C)C[C@H]1C12CC3CC(CC(C3)C1)C2. The Balaban J connectivity index is 1.66. The van der Waals surface area contributed by atoms with E-state index in [2.05, 4.69) is 0 Å². The lowest BCUT2D eigenvalue weighted by atomic mass is 9.47. The van der Waals surface area contributed by atoms with Gasteiger partial charge < -0.3 is 4.90 Å². The molecule has 128 valence electrons. The van der Waals surface area contributed by atoms with Gasteiger partial charge in [-0.1, -0.05) is 13.8 Å². The minimum Gasteiger partial charge on any atom is -0.325 e. The number of carbonyl (C=O) groups is 2. The number of hydrogen-bond donors (Lipinski definition) is 0. The highest BCUT2D eigenvalue weighted by Crippen LogP contribution is 2.62. The van der Waals surface area contributed by atoms with Crippen LogP contribution >= 0.6 is 0 Å². The number of nitrogens with zero attached hydrogens (tertiary/aromatic N) is 2. The van der Waals surface area contributed by atoms with Crippen molar-refractivity contribution in [2.75, 3.05) is 13.6 Å². The van der Waals surface area contributed by atoms with Crippen molar-refractivity contribution < 1.29 is 9.59 Å². The van der Waals surface area contributed by atoms with Crippen LogP contribution in [0.15, 0.2) is 0 Å². The number of rotatable bonds is 3. The fourth-order valence-electron chi connectivity index (χ4n) is 6.45. The van der Waals surface area contributed by atoms with Crippen LogP contribution in [0.5, 0.6) is 0 Å². The predicted molar refractivity (Wildman–Crippen MR) is 88.7 cm³/mol. The van der Waals surface area contributed by atoms with Gasteiger partial charge in [-0.2, -0.15) is 0 Å². The van der Waals surface area contributed by atoms with Crippen LogP contribution in [0.25, 0.3) is 0 Å². The summed E-state index contributed by atoms with van der Waals surface area (Å²) >= 11 is 0. The molecule has 0 unspecified atom stereocenters. The molecule has 4 saturated carbocycles. The highest BCUT2D eigenvalue weighted by atomic mass is 16.2.